The van der Waals surface area contributed by atoms with E-state index in [-0.39, 0.29) is 0 Å². The molecule has 2 N–H and O–H groups in total. The summed E-state index contributed by atoms with van der Waals surface area (Å²) in [5.74, 6) is 1.09. The summed E-state index contributed by atoms with van der Waals surface area (Å²) < 4.78 is 5.10. The molecule has 0 amide bonds. The first-order valence-corrected chi connectivity index (χ1v) is 5.94. The van der Waals surface area contributed by atoms with Crippen molar-refractivity contribution >= 4 is 23.2 Å². The Bertz CT molecular complexity index is 513. The monoisotopic (exact) mass is 271 g/mol. The third kappa shape index (κ3) is 2.97. The third-order valence-corrected chi connectivity index (χ3v) is 2.98. The highest BCUT2D eigenvalue weighted by Crippen LogP contribution is 2.27. The van der Waals surface area contributed by atoms with Crippen molar-refractivity contribution in [1.82, 2.24) is 10.1 Å². The van der Waals surface area contributed by atoms with Gasteiger partial charge >= 0.3 is 0 Å². The molecule has 1 aromatic heterocycles. The molecule has 0 aliphatic heterocycles. The molecule has 0 spiro atoms. The van der Waals surface area contributed by atoms with E-state index in [0.717, 1.165) is 12.0 Å². The molecule has 0 saturated heterocycles. The van der Waals surface area contributed by atoms with Gasteiger partial charge in [-0.15, -0.1) is 0 Å². The predicted octanol–water partition coefficient (Wildman–Crippen LogP) is 2.93. The van der Waals surface area contributed by atoms with Gasteiger partial charge in [0.05, 0.1) is 10.0 Å². The van der Waals surface area contributed by atoms with Crippen LogP contribution in [0, 0.1) is 0 Å². The van der Waals surface area contributed by atoms with Gasteiger partial charge in [0.15, 0.2) is 0 Å². The van der Waals surface area contributed by atoms with Gasteiger partial charge in [0.25, 0.3) is 0 Å². The van der Waals surface area contributed by atoms with Crippen LogP contribution in [0.2, 0.25) is 10.0 Å². The quantitative estimate of drug-likeness (QED) is 0.929. The van der Waals surface area contributed by atoms with E-state index in [0.29, 0.717) is 34.7 Å². The Hall–Kier alpha value is -1.10. The SMILES string of the molecule is NCCCc1nc(-c2ccc(Cl)c(Cl)c2)no1. The molecule has 17 heavy (non-hydrogen) atoms. The average molecular weight is 272 g/mol. The van der Waals surface area contributed by atoms with Gasteiger partial charge in [0.1, 0.15) is 0 Å². The Kier molecular flexibility index (Phi) is 3.99. The topological polar surface area (TPSA) is 64.9 Å². The van der Waals surface area contributed by atoms with Crippen molar-refractivity contribution in [3.05, 3.63) is 34.1 Å². The van der Waals surface area contributed by atoms with Crippen LogP contribution in [-0.4, -0.2) is 16.7 Å². The fourth-order valence-electron chi connectivity index (χ4n) is 1.36. The summed E-state index contributed by atoms with van der Waals surface area (Å²) in [5.41, 5.74) is 6.19. The average Bonchev–Trinajstić information content (AvgIpc) is 2.79. The molecule has 0 atom stereocenters. The molecule has 1 heterocycles. The molecule has 0 bridgehead atoms. The van der Waals surface area contributed by atoms with E-state index in [1.807, 2.05) is 0 Å². The van der Waals surface area contributed by atoms with E-state index in [4.69, 9.17) is 33.5 Å². The van der Waals surface area contributed by atoms with Gasteiger partial charge in [-0.2, -0.15) is 4.98 Å². The Morgan fingerprint density at radius 3 is 2.76 bits per heavy atom. The van der Waals surface area contributed by atoms with Crippen LogP contribution in [0.4, 0.5) is 0 Å². The Labute approximate surface area is 109 Å². The summed E-state index contributed by atoms with van der Waals surface area (Å²) in [7, 11) is 0. The van der Waals surface area contributed by atoms with Gasteiger partial charge in [0.2, 0.25) is 11.7 Å². The zero-order valence-corrected chi connectivity index (χ0v) is 10.5. The molecule has 2 aromatic rings. The van der Waals surface area contributed by atoms with Crippen LogP contribution in [0.25, 0.3) is 11.4 Å². The Morgan fingerprint density at radius 2 is 2.06 bits per heavy atom. The molecule has 0 radical (unpaired) electrons. The van der Waals surface area contributed by atoms with Crippen molar-refractivity contribution in [1.29, 1.82) is 0 Å². The molecule has 90 valence electrons. The molecule has 0 fully saturated rings. The highest BCUT2D eigenvalue weighted by Gasteiger charge is 2.09. The zero-order valence-electron chi connectivity index (χ0n) is 8.99. The third-order valence-electron chi connectivity index (χ3n) is 2.24. The van der Waals surface area contributed by atoms with E-state index in [1.165, 1.54) is 0 Å². The lowest BCUT2D eigenvalue weighted by Gasteiger charge is -1.97. The molecular formula is C11H11Cl2N3O. The fraction of sp³-hybridized carbons (Fsp3) is 0.273. The molecule has 1 aromatic carbocycles. The van der Waals surface area contributed by atoms with E-state index in [2.05, 4.69) is 10.1 Å². The Morgan fingerprint density at radius 1 is 1.24 bits per heavy atom. The van der Waals surface area contributed by atoms with Crippen LogP contribution in [0.3, 0.4) is 0 Å². The number of hydrogen-bond acceptors (Lipinski definition) is 4. The number of rotatable bonds is 4. The number of aromatic nitrogens is 2. The summed E-state index contributed by atoms with van der Waals surface area (Å²) in [6, 6.07) is 5.21. The molecule has 6 heteroatoms. The van der Waals surface area contributed by atoms with Gasteiger partial charge < -0.3 is 10.3 Å². The first-order chi connectivity index (χ1) is 8.20. The lowest BCUT2D eigenvalue weighted by molar-refractivity contribution is 0.376. The van der Waals surface area contributed by atoms with Gasteiger partial charge in [0, 0.05) is 12.0 Å². The lowest BCUT2D eigenvalue weighted by atomic mass is 10.2. The smallest absolute Gasteiger partial charge is 0.227 e. The second-order valence-corrected chi connectivity index (χ2v) is 4.35. The van der Waals surface area contributed by atoms with Crippen molar-refractivity contribution in [3.8, 4) is 11.4 Å². The number of nitrogens with two attached hydrogens (primary N) is 1. The van der Waals surface area contributed by atoms with Crippen LogP contribution in [0.15, 0.2) is 22.7 Å². The highest BCUT2D eigenvalue weighted by atomic mass is 35.5. The number of hydrogen-bond donors (Lipinski definition) is 1. The molecular weight excluding hydrogens is 261 g/mol. The van der Waals surface area contributed by atoms with Gasteiger partial charge in [-0.1, -0.05) is 28.4 Å². The number of nitrogens with zero attached hydrogens (tertiary/aromatic N) is 2. The lowest BCUT2D eigenvalue weighted by Crippen LogP contribution is -2.00. The second kappa shape index (κ2) is 5.49. The van der Waals surface area contributed by atoms with E-state index >= 15 is 0 Å². The highest BCUT2D eigenvalue weighted by molar-refractivity contribution is 6.42. The first-order valence-electron chi connectivity index (χ1n) is 5.19. The molecule has 2 rings (SSSR count). The summed E-state index contributed by atoms with van der Waals surface area (Å²) in [6.07, 6.45) is 1.51. The van der Waals surface area contributed by atoms with Crippen molar-refractivity contribution in [2.24, 2.45) is 5.73 Å². The van der Waals surface area contributed by atoms with E-state index < -0.39 is 0 Å². The summed E-state index contributed by atoms with van der Waals surface area (Å²) in [4.78, 5) is 4.25. The van der Waals surface area contributed by atoms with Gasteiger partial charge in [-0.05, 0) is 31.2 Å². The maximum Gasteiger partial charge on any atom is 0.227 e. The zero-order chi connectivity index (χ0) is 12.3. The van der Waals surface area contributed by atoms with Gasteiger partial charge in [-0.25, -0.2) is 0 Å². The minimum absolute atomic E-state index is 0.470. The molecule has 0 aliphatic carbocycles. The largest absolute Gasteiger partial charge is 0.339 e. The molecule has 4 nitrogen and oxygen atoms in total. The summed E-state index contributed by atoms with van der Waals surface area (Å²) >= 11 is 11.8. The normalized spacial score (nSPS) is 10.8. The predicted molar refractivity (Wildman–Crippen MR) is 67.1 cm³/mol. The maximum absolute atomic E-state index is 5.92. The van der Waals surface area contributed by atoms with E-state index in [1.54, 1.807) is 18.2 Å². The summed E-state index contributed by atoms with van der Waals surface area (Å²) in [6.45, 7) is 0.602. The van der Waals surface area contributed by atoms with E-state index in [9.17, 15) is 0 Å². The standard InChI is InChI=1S/C11H11Cl2N3O/c12-8-4-3-7(6-9(8)13)11-15-10(17-16-11)2-1-5-14/h3-4,6H,1-2,5,14H2. The van der Waals surface area contributed by atoms with Crippen LogP contribution < -0.4 is 5.73 Å². The van der Waals surface area contributed by atoms with Crippen molar-refractivity contribution in [3.63, 3.8) is 0 Å². The molecule has 0 unspecified atom stereocenters. The van der Waals surface area contributed by atoms with Crippen molar-refractivity contribution < 1.29 is 4.52 Å². The number of benzene rings is 1. The van der Waals surface area contributed by atoms with Crippen LogP contribution >= 0.6 is 23.2 Å². The molecule has 0 saturated carbocycles. The van der Waals surface area contributed by atoms with Gasteiger partial charge in [-0.3, -0.25) is 0 Å². The minimum atomic E-state index is 0.470. The Balaban J connectivity index is 2.21. The van der Waals surface area contributed by atoms with Crippen molar-refractivity contribution in [2.75, 3.05) is 6.54 Å². The van der Waals surface area contributed by atoms with Crippen LogP contribution in [0.5, 0.6) is 0 Å². The first kappa shape index (κ1) is 12.4. The molecule has 0 aliphatic rings. The number of halogens is 2. The number of aryl methyl sites for hydroxylation is 1. The summed E-state index contributed by atoms with van der Waals surface area (Å²) in [5, 5.41) is 4.85. The maximum atomic E-state index is 5.92. The minimum Gasteiger partial charge on any atom is -0.339 e. The second-order valence-electron chi connectivity index (χ2n) is 3.53. The fourth-order valence-corrected chi connectivity index (χ4v) is 1.66. The van der Waals surface area contributed by atoms with Crippen LogP contribution in [-0.2, 0) is 6.42 Å². The van der Waals surface area contributed by atoms with Crippen molar-refractivity contribution in [2.45, 2.75) is 12.8 Å². The van der Waals surface area contributed by atoms with Crippen LogP contribution in [0.1, 0.15) is 12.3 Å².